The summed E-state index contributed by atoms with van der Waals surface area (Å²) in [6.45, 7) is 1.35. The van der Waals surface area contributed by atoms with Crippen molar-refractivity contribution in [2.24, 2.45) is 5.92 Å². The molecule has 1 aromatic carbocycles. The maximum Gasteiger partial charge on any atom is 0.273 e. The van der Waals surface area contributed by atoms with E-state index < -0.39 is 35.0 Å². The lowest BCUT2D eigenvalue weighted by molar-refractivity contribution is -0.129. The third-order valence-corrected chi connectivity index (χ3v) is 8.60. The zero-order valence-corrected chi connectivity index (χ0v) is 22.2. The second-order valence-corrected chi connectivity index (χ2v) is 11.2. The summed E-state index contributed by atoms with van der Waals surface area (Å²) in [5.74, 6) is -2.55. The second-order valence-electron chi connectivity index (χ2n) is 11.2. The van der Waals surface area contributed by atoms with E-state index in [4.69, 9.17) is 4.52 Å². The van der Waals surface area contributed by atoms with Gasteiger partial charge in [0.15, 0.2) is 11.5 Å². The van der Waals surface area contributed by atoms with Crippen molar-refractivity contribution in [1.82, 2.24) is 25.7 Å². The fourth-order valence-corrected chi connectivity index (χ4v) is 6.18. The van der Waals surface area contributed by atoms with E-state index in [-0.39, 0.29) is 22.9 Å². The number of rotatable bonds is 7. The molecule has 3 aromatic rings. The Morgan fingerprint density at radius 1 is 1.02 bits per heavy atom. The molecule has 0 radical (unpaired) electrons. The SMILES string of the molecule is O=C(N[C@@H]1CCN(C2CCCCC2)C[C@H]1C(=O)NC1(c2ccccn2)CC1)c1cc(-c2ccc(F)cc2F)on1. The van der Waals surface area contributed by atoms with Gasteiger partial charge in [-0.2, -0.15) is 0 Å². The Morgan fingerprint density at radius 3 is 2.58 bits per heavy atom. The molecule has 0 spiro atoms. The molecule has 2 atom stereocenters. The number of nitrogens with zero attached hydrogens (tertiary/aromatic N) is 3. The van der Waals surface area contributed by atoms with E-state index in [9.17, 15) is 18.4 Å². The van der Waals surface area contributed by atoms with Crippen LogP contribution in [-0.2, 0) is 10.3 Å². The van der Waals surface area contributed by atoms with Crippen LogP contribution in [0.15, 0.2) is 53.2 Å². The van der Waals surface area contributed by atoms with Gasteiger partial charge in [0.25, 0.3) is 5.91 Å². The Bertz CT molecular complexity index is 1370. The average molecular weight is 550 g/mol. The van der Waals surface area contributed by atoms with Crippen molar-refractivity contribution < 1.29 is 22.9 Å². The Balaban J connectivity index is 1.19. The van der Waals surface area contributed by atoms with Crippen LogP contribution < -0.4 is 10.6 Å². The molecule has 40 heavy (non-hydrogen) atoms. The third kappa shape index (κ3) is 5.50. The molecule has 2 N–H and O–H groups in total. The van der Waals surface area contributed by atoms with Crippen LogP contribution in [0, 0.1) is 17.6 Å². The first-order valence-corrected chi connectivity index (χ1v) is 14.1. The standard InChI is InChI=1S/C30H33F2N5O3/c31-19-9-10-21(23(32)16-19)26-17-25(36-40-26)29(39)34-24-11-15-37(20-6-2-1-3-7-20)18-22(24)28(38)35-30(12-13-30)27-8-4-5-14-33-27/h4-5,8-10,14,16-17,20,22,24H,1-3,6-7,11-13,15,18H2,(H,34,39)(H,35,38)/t22-,24-/m1/s1. The second kappa shape index (κ2) is 11.1. The quantitative estimate of drug-likeness (QED) is 0.448. The van der Waals surface area contributed by atoms with Gasteiger partial charge in [-0.25, -0.2) is 8.78 Å². The Labute approximate surface area is 231 Å². The molecule has 8 nitrogen and oxygen atoms in total. The van der Waals surface area contributed by atoms with Gasteiger partial charge >= 0.3 is 0 Å². The molecule has 2 aliphatic carbocycles. The van der Waals surface area contributed by atoms with Crippen LogP contribution in [0.4, 0.5) is 8.78 Å². The Hall–Kier alpha value is -3.66. The zero-order chi connectivity index (χ0) is 27.7. The fraction of sp³-hybridized carbons (Fsp3) is 0.467. The highest BCUT2D eigenvalue weighted by Crippen LogP contribution is 2.45. The molecular weight excluding hydrogens is 516 g/mol. The van der Waals surface area contributed by atoms with Crippen LogP contribution in [-0.4, -0.2) is 52.0 Å². The molecule has 0 bridgehead atoms. The van der Waals surface area contributed by atoms with Gasteiger partial charge in [0.2, 0.25) is 5.91 Å². The Kier molecular flexibility index (Phi) is 7.35. The summed E-state index contributed by atoms with van der Waals surface area (Å²) in [4.78, 5) is 33.9. The molecule has 210 valence electrons. The van der Waals surface area contributed by atoms with E-state index in [0.717, 1.165) is 50.1 Å². The minimum Gasteiger partial charge on any atom is -0.355 e. The lowest BCUT2D eigenvalue weighted by Gasteiger charge is -2.43. The van der Waals surface area contributed by atoms with E-state index in [1.54, 1.807) is 6.20 Å². The highest BCUT2D eigenvalue weighted by molar-refractivity contribution is 5.94. The predicted octanol–water partition coefficient (Wildman–Crippen LogP) is 4.57. The molecule has 2 saturated carbocycles. The molecule has 2 aromatic heterocycles. The third-order valence-electron chi connectivity index (χ3n) is 8.60. The molecule has 2 amide bonds. The van der Waals surface area contributed by atoms with Crippen LogP contribution >= 0.6 is 0 Å². The number of halogens is 2. The van der Waals surface area contributed by atoms with Gasteiger partial charge in [0, 0.05) is 43.5 Å². The van der Waals surface area contributed by atoms with Crippen LogP contribution in [0.5, 0.6) is 0 Å². The summed E-state index contributed by atoms with van der Waals surface area (Å²) >= 11 is 0. The minimum absolute atomic E-state index is 0.00949. The number of hydrogen-bond acceptors (Lipinski definition) is 6. The van der Waals surface area contributed by atoms with Crippen molar-refractivity contribution in [3.8, 4) is 11.3 Å². The van der Waals surface area contributed by atoms with Crippen molar-refractivity contribution in [3.63, 3.8) is 0 Å². The number of hydrogen-bond donors (Lipinski definition) is 2. The molecule has 0 unspecified atom stereocenters. The smallest absolute Gasteiger partial charge is 0.273 e. The van der Waals surface area contributed by atoms with Crippen LogP contribution in [0.25, 0.3) is 11.3 Å². The molecule has 1 saturated heterocycles. The van der Waals surface area contributed by atoms with E-state index >= 15 is 0 Å². The number of benzene rings is 1. The highest BCUT2D eigenvalue weighted by Gasteiger charge is 2.49. The molecule has 10 heteroatoms. The number of likely N-dealkylation sites (tertiary alicyclic amines) is 1. The van der Waals surface area contributed by atoms with E-state index in [2.05, 4.69) is 25.7 Å². The number of carbonyl (C=O) groups excluding carboxylic acids is 2. The van der Waals surface area contributed by atoms with Gasteiger partial charge in [0.1, 0.15) is 11.6 Å². The molecular formula is C30H33F2N5O3. The summed E-state index contributed by atoms with van der Waals surface area (Å²) in [5, 5.41) is 10.1. The van der Waals surface area contributed by atoms with Crippen LogP contribution in [0.2, 0.25) is 0 Å². The van der Waals surface area contributed by atoms with E-state index in [1.807, 2.05) is 18.2 Å². The van der Waals surface area contributed by atoms with Crippen molar-refractivity contribution in [2.45, 2.75) is 69.0 Å². The molecule has 3 aliphatic rings. The van der Waals surface area contributed by atoms with Gasteiger partial charge in [0.05, 0.1) is 22.7 Å². The van der Waals surface area contributed by atoms with E-state index in [0.29, 0.717) is 19.0 Å². The number of pyridine rings is 1. The van der Waals surface area contributed by atoms with Gasteiger partial charge in [-0.1, -0.05) is 30.5 Å². The molecule has 6 rings (SSSR count). The number of piperidine rings is 1. The van der Waals surface area contributed by atoms with Gasteiger partial charge in [-0.3, -0.25) is 19.5 Å². The zero-order valence-electron chi connectivity index (χ0n) is 22.2. The predicted molar refractivity (Wildman–Crippen MR) is 143 cm³/mol. The van der Waals surface area contributed by atoms with Crippen molar-refractivity contribution >= 4 is 11.8 Å². The first-order valence-electron chi connectivity index (χ1n) is 14.1. The molecule has 3 fully saturated rings. The number of nitrogens with one attached hydrogen (secondary N) is 2. The minimum atomic E-state index is -0.808. The first-order chi connectivity index (χ1) is 19.4. The average Bonchev–Trinajstić information content (AvgIpc) is 3.59. The van der Waals surface area contributed by atoms with Crippen molar-refractivity contribution in [3.05, 3.63) is 71.7 Å². The summed E-state index contributed by atoms with van der Waals surface area (Å²) in [6, 6.07) is 10.2. The normalized spacial score (nSPS) is 22.9. The van der Waals surface area contributed by atoms with Gasteiger partial charge in [-0.15, -0.1) is 0 Å². The van der Waals surface area contributed by atoms with Crippen LogP contribution in [0.3, 0.4) is 0 Å². The fourth-order valence-electron chi connectivity index (χ4n) is 6.18. The largest absolute Gasteiger partial charge is 0.355 e. The highest BCUT2D eigenvalue weighted by atomic mass is 19.1. The summed E-state index contributed by atoms with van der Waals surface area (Å²) in [7, 11) is 0. The number of aromatic nitrogens is 2. The summed E-state index contributed by atoms with van der Waals surface area (Å²) < 4.78 is 32.8. The first kappa shape index (κ1) is 26.6. The van der Waals surface area contributed by atoms with Crippen molar-refractivity contribution in [1.29, 1.82) is 0 Å². The number of amides is 2. The topological polar surface area (TPSA) is 100 Å². The summed E-state index contributed by atoms with van der Waals surface area (Å²) in [5.41, 5.74) is 0.377. The molecule has 1 aliphatic heterocycles. The summed E-state index contributed by atoms with van der Waals surface area (Å²) in [6.07, 6.45) is 9.92. The lowest BCUT2D eigenvalue weighted by atomic mass is 9.86. The maximum absolute atomic E-state index is 14.2. The molecule has 3 heterocycles. The lowest BCUT2D eigenvalue weighted by Crippen LogP contribution is -2.58. The number of carbonyl (C=O) groups is 2. The van der Waals surface area contributed by atoms with E-state index in [1.165, 1.54) is 31.4 Å². The van der Waals surface area contributed by atoms with Gasteiger partial charge in [-0.05, 0) is 56.4 Å². The van der Waals surface area contributed by atoms with Crippen molar-refractivity contribution in [2.75, 3.05) is 13.1 Å². The maximum atomic E-state index is 14.2. The van der Waals surface area contributed by atoms with Crippen LogP contribution in [0.1, 0.15) is 67.5 Å². The monoisotopic (exact) mass is 549 g/mol. The Morgan fingerprint density at radius 2 is 1.85 bits per heavy atom. The van der Waals surface area contributed by atoms with Gasteiger partial charge < -0.3 is 15.2 Å².